The van der Waals surface area contributed by atoms with E-state index in [-0.39, 0.29) is 24.0 Å². The maximum absolute atomic E-state index is 6.27. The molecule has 8 nitrogen and oxygen atoms in total. The van der Waals surface area contributed by atoms with Crippen molar-refractivity contribution in [2.75, 3.05) is 55.9 Å². The topological polar surface area (TPSA) is 73.8 Å². The van der Waals surface area contributed by atoms with Gasteiger partial charge in [0.25, 0.3) is 0 Å². The molecule has 0 N–H and O–H groups in total. The van der Waals surface area contributed by atoms with Crippen LogP contribution in [-0.2, 0) is 9.47 Å². The van der Waals surface area contributed by atoms with Gasteiger partial charge in [-0.05, 0) is 35.4 Å². The molecular formula is C24H30O8. The molecule has 0 aromatic heterocycles. The first kappa shape index (κ1) is 22.4. The number of hydrogen-bond acceptors (Lipinski definition) is 8. The SMILES string of the molecule is COc1cc([C@H]2OC[C@H]3[C@@H]2CO[C@H]3c2cc(OC)c(OC)c(OC)c2)cc(OC)c1OC. The van der Waals surface area contributed by atoms with Crippen LogP contribution >= 0.6 is 0 Å². The highest BCUT2D eigenvalue weighted by atomic mass is 16.5. The Hall–Kier alpha value is -2.84. The maximum Gasteiger partial charge on any atom is 0.203 e. The van der Waals surface area contributed by atoms with Crippen molar-refractivity contribution >= 4 is 0 Å². The first-order valence-electron chi connectivity index (χ1n) is 10.4. The van der Waals surface area contributed by atoms with E-state index in [1.54, 1.807) is 42.7 Å². The lowest BCUT2D eigenvalue weighted by atomic mass is 9.84. The zero-order valence-electron chi connectivity index (χ0n) is 19.3. The standard InChI is InChI=1S/C24H30O8/c1-25-17-7-13(8-18(26-2)23(17)29-5)21-15-11-32-22(16(15)12-31-21)14-9-19(27-3)24(30-6)20(10-14)28-4/h7-10,15-16,21-22H,11-12H2,1-6H3/t15-,16-,21-,22+/m0/s1. The average Bonchev–Trinajstić information content (AvgIpc) is 3.44. The summed E-state index contributed by atoms with van der Waals surface area (Å²) in [5.74, 6) is 3.91. The lowest BCUT2D eigenvalue weighted by molar-refractivity contribution is 0.0190. The normalized spacial score (nSPS) is 24.1. The molecule has 8 heteroatoms. The van der Waals surface area contributed by atoms with Crippen LogP contribution in [0.4, 0.5) is 0 Å². The second-order valence-electron chi connectivity index (χ2n) is 7.75. The monoisotopic (exact) mass is 446 g/mol. The van der Waals surface area contributed by atoms with Crippen molar-refractivity contribution in [3.05, 3.63) is 35.4 Å². The molecule has 174 valence electrons. The van der Waals surface area contributed by atoms with E-state index in [1.807, 2.05) is 24.3 Å². The van der Waals surface area contributed by atoms with Crippen molar-refractivity contribution < 1.29 is 37.9 Å². The lowest BCUT2D eigenvalue weighted by Crippen LogP contribution is -2.15. The summed E-state index contributed by atoms with van der Waals surface area (Å²) in [5, 5.41) is 0. The van der Waals surface area contributed by atoms with Crippen molar-refractivity contribution in [1.82, 2.24) is 0 Å². The van der Waals surface area contributed by atoms with Crippen LogP contribution in [-0.4, -0.2) is 55.9 Å². The molecule has 2 aliphatic rings. The fourth-order valence-electron chi connectivity index (χ4n) is 4.77. The van der Waals surface area contributed by atoms with Gasteiger partial charge in [-0.1, -0.05) is 0 Å². The van der Waals surface area contributed by atoms with Crippen LogP contribution in [0.2, 0.25) is 0 Å². The van der Waals surface area contributed by atoms with Crippen LogP contribution in [0.25, 0.3) is 0 Å². The van der Waals surface area contributed by atoms with E-state index < -0.39 is 0 Å². The number of benzene rings is 2. The molecule has 2 aromatic rings. The lowest BCUT2D eigenvalue weighted by Gasteiger charge is -2.20. The minimum absolute atomic E-state index is 0.138. The Bertz CT molecular complexity index is 832. The van der Waals surface area contributed by atoms with Crippen LogP contribution < -0.4 is 28.4 Å². The summed E-state index contributed by atoms with van der Waals surface area (Å²) < 4.78 is 45.5. The Labute approximate surface area is 188 Å². The number of ether oxygens (including phenoxy) is 8. The quantitative estimate of drug-likeness (QED) is 0.606. The number of rotatable bonds is 8. The molecule has 0 spiro atoms. The maximum atomic E-state index is 6.27. The minimum atomic E-state index is -0.138. The highest BCUT2D eigenvalue weighted by Gasteiger charge is 2.48. The van der Waals surface area contributed by atoms with Gasteiger partial charge in [0.1, 0.15) is 0 Å². The molecule has 0 saturated carbocycles. The molecule has 4 rings (SSSR count). The molecule has 0 aliphatic carbocycles. The molecule has 2 aromatic carbocycles. The highest BCUT2D eigenvalue weighted by molar-refractivity contribution is 5.55. The van der Waals surface area contributed by atoms with Crippen molar-refractivity contribution in [3.8, 4) is 34.5 Å². The van der Waals surface area contributed by atoms with Gasteiger partial charge in [0.05, 0.1) is 68.1 Å². The highest BCUT2D eigenvalue weighted by Crippen LogP contribution is 2.53. The minimum Gasteiger partial charge on any atom is -0.493 e. The summed E-state index contributed by atoms with van der Waals surface area (Å²) in [7, 11) is 9.62. The van der Waals surface area contributed by atoms with Gasteiger partial charge in [0, 0.05) is 11.8 Å². The third kappa shape index (κ3) is 3.67. The summed E-state index contributed by atoms with van der Waals surface area (Å²) in [4.78, 5) is 0. The predicted octanol–water partition coefficient (Wildman–Crippen LogP) is 3.81. The van der Waals surface area contributed by atoms with E-state index in [1.165, 1.54) is 0 Å². The fourth-order valence-corrected chi connectivity index (χ4v) is 4.77. The van der Waals surface area contributed by atoms with Crippen LogP contribution in [0.5, 0.6) is 34.5 Å². The van der Waals surface area contributed by atoms with Crippen molar-refractivity contribution in [1.29, 1.82) is 0 Å². The Balaban J connectivity index is 1.64. The van der Waals surface area contributed by atoms with E-state index in [0.717, 1.165) is 11.1 Å². The molecule has 0 unspecified atom stereocenters. The summed E-state index contributed by atoms with van der Waals surface area (Å²) in [6.07, 6.45) is -0.276. The smallest absolute Gasteiger partial charge is 0.203 e. The zero-order valence-corrected chi connectivity index (χ0v) is 19.3. The summed E-state index contributed by atoms with van der Waals surface area (Å²) in [6, 6.07) is 7.78. The van der Waals surface area contributed by atoms with Crippen LogP contribution in [0.1, 0.15) is 23.3 Å². The summed E-state index contributed by atoms with van der Waals surface area (Å²) in [6.45, 7) is 1.15. The van der Waals surface area contributed by atoms with Gasteiger partial charge in [0.2, 0.25) is 11.5 Å². The second kappa shape index (κ2) is 9.34. The predicted molar refractivity (Wildman–Crippen MR) is 117 cm³/mol. The third-order valence-electron chi connectivity index (χ3n) is 6.30. The largest absolute Gasteiger partial charge is 0.493 e. The molecule has 0 amide bonds. The van der Waals surface area contributed by atoms with Gasteiger partial charge in [0.15, 0.2) is 23.0 Å². The van der Waals surface area contributed by atoms with Gasteiger partial charge in [-0.3, -0.25) is 0 Å². The molecule has 2 fully saturated rings. The molecule has 2 aliphatic heterocycles. The van der Waals surface area contributed by atoms with E-state index >= 15 is 0 Å². The molecule has 2 heterocycles. The number of fused-ring (bicyclic) bond motifs is 1. The van der Waals surface area contributed by atoms with Gasteiger partial charge in [-0.25, -0.2) is 0 Å². The van der Waals surface area contributed by atoms with Gasteiger partial charge in [-0.2, -0.15) is 0 Å². The van der Waals surface area contributed by atoms with Gasteiger partial charge in [-0.15, -0.1) is 0 Å². The fraction of sp³-hybridized carbons (Fsp3) is 0.500. The van der Waals surface area contributed by atoms with E-state index in [2.05, 4.69) is 0 Å². The van der Waals surface area contributed by atoms with E-state index in [9.17, 15) is 0 Å². The molecule has 2 saturated heterocycles. The van der Waals surface area contributed by atoms with Crippen molar-refractivity contribution in [2.24, 2.45) is 11.8 Å². The summed E-state index contributed by atoms with van der Waals surface area (Å²) >= 11 is 0. The number of methoxy groups -OCH3 is 6. The van der Waals surface area contributed by atoms with Crippen LogP contribution in [0.15, 0.2) is 24.3 Å². The first-order valence-corrected chi connectivity index (χ1v) is 10.4. The van der Waals surface area contributed by atoms with Gasteiger partial charge < -0.3 is 37.9 Å². The van der Waals surface area contributed by atoms with Gasteiger partial charge >= 0.3 is 0 Å². The van der Waals surface area contributed by atoms with Crippen LogP contribution in [0.3, 0.4) is 0 Å². The third-order valence-corrected chi connectivity index (χ3v) is 6.30. The Kier molecular flexibility index (Phi) is 6.53. The molecule has 0 radical (unpaired) electrons. The first-order chi connectivity index (χ1) is 15.6. The molecular weight excluding hydrogens is 416 g/mol. The summed E-state index contributed by atoms with van der Waals surface area (Å²) in [5.41, 5.74) is 1.95. The Morgan fingerprint density at radius 2 is 0.844 bits per heavy atom. The van der Waals surface area contributed by atoms with E-state index in [4.69, 9.17) is 37.9 Å². The second-order valence-corrected chi connectivity index (χ2v) is 7.75. The Morgan fingerprint density at radius 1 is 0.531 bits per heavy atom. The average molecular weight is 446 g/mol. The van der Waals surface area contributed by atoms with Crippen molar-refractivity contribution in [3.63, 3.8) is 0 Å². The number of hydrogen-bond donors (Lipinski definition) is 0. The van der Waals surface area contributed by atoms with E-state index in [0.29, 0.717) is 47.7 Å². The molecule has 4 atom stereocenters. The molecule has 0 bridgehead atoms. The van der Waals surface area contributed by atoms with Crippen LogP contribution in [0, 0.1) is 11.8 Å². The zero-order chi connectivity index (χ0) is 22.8. The Morgan fingerprint density at radius 3 is 1.09 bits per heavy atom. The molecule has 32 heavy (non-hydrogen) atoms. The van der Waals surface area contributed by atoms with Crippen molar-refractivity contribution in [2.45, 2.75) is 12.2 Å².